The van der Waals surface area contributed by atoms with Crippen LogP contribution in [0, 0.1) is 0 Å². The van der Waals surface area contributed by atoms with Crippen LogP contribution in [-0.4, -0.2) is 12.0 Å². The van der Waals surface area contributed by atoms with Gasteiger partial charge in [-0.25, -0.2) is 9.69 Å². The Balaban J connectivity index is 2.42. The van der Waals surface area contributed by atoms with Gasteiger partial charge in [0, 0.05) is 0 Å². The Morgan fingerprint density at radius 2 is 1.75 bits per heavy atom. The van der Waals surface area contributed by atoms with Crippen molar-refractivity contribution in [2.75, 3.05) is 4.90 Å². The van der Waals surface area contributed by atoms with Crippen molar-refractivity contribution in [1.82, 2.24) is 0 Å². The number of rotatable bonds is 1. The van der Waals surface area contributed by atoms with E-state index in [1.54, 1.807) is 38.1 Å². The molecule has 0 bridgehead atoms. The Hall–Kier alpha value is -2.10. The Morgan fingerprint density at radius 3 is 2.25 bits per heavy atom. The lowest BCUT2D eigenvalue weighted by atomic mass is 10.2. The summed E-state index contributed by atoms with van der Waals surface area (Å²) in [6.45, 7) is 3.46. The van der Waals surface area contributed by atoms with E-state index in [0.717, 1.165) is 4.90 Å². The van der Waals surface area contributed by atoms with Gasteiger partial charge in [-0.15, -0.1) is 0 Å². The average molecular weight is 217 g/mol. The fourth-order valence-electron chi connectivity index (χ4n) is 1.48. The van der Waals surface area contributed by atoms with Crippen molar-refractivity contribution in [2.45, 2.75) is 13.8 Å². The van der Waals surface area contributed by atoms with Crippen LogP contribution >= 0.6 is 0 Å². The number of imide groups is 1. The molecule has 16 heavy (non-hydrogen) atoms. The maximum Gasteiger partial charge on any atom is 0.427 e. The minimum atomic E-state index is -0.646. The molecule has 1 aromatic rings. The smallest absolute Gasteiger partial charge is 0.404 e. The number of hydrogen-bond acceptors (Lipinski definition) is 3. The molecule has 0 saturated carbocycles. The van der Waals surface area contributed by atoms with Crippen LogP contribution in [0.4, 0.5) is 10.5 Å². The summed E-state index contributed by atoms with van der Waals surface area (Å²) >= 11 is 0. The molecule has 0 aromatic heterocycles. The number of carbonyl (C=O) groups is 2. The maximum absolute atomic E-state index is 11.9. The monoisotopic (exact) mass is 217 g/mol. The quantitative estimate of drug-likeness (QED) is 0.679. The van der Waals surface area contributed by atoms with Crippen LogP contribution < -0.4 is 4.90 Å². The van der Waals surface area contributed by atoms with E-state index in [9.17, 15) is 9.59 Å². The zero-order valence-corrected chi connectivity index (χ0v) is 9.06. The summed E-state index contributed by atoms with van der Waals surface area (Å²) in [6, 6.07) is 8.71. The van der Waals surface area contributed by atoms with Gasteiger partial charge >= 0.3 is 12.0 Å². The third-order valence-corrected chi connectivity index (χ3v) is 2.24. The van der Waals surface area contributed by atoms with Gasteiger partial charge in [-0.3, -0.25) is 4.79 Å². The number of ether oxygens (including phenoxy) is 1. The molecule has 1 aliphatic rings. The summed E-state index contributed by atoms with van der Waals surface area (Å²) < 4.78 is 4.92. The molecule has 1 saturated heterocycles. The standard InChI is InChI=1S/C12H11NO3/c1-8(2)10-11(14)13(12(15)16-10)9-6-4-3-5-7-9/h3-7H,1-2H3. The fraction of sp³-hybridized carbons (Fsp3) is 0.167. The van der Waals surface area contributed by atoms with E-state index in [-0.39, 0.29) is 5.76 Å². The molecule has 82 valence electrons. The van der Waals surface area contributed by atoms with E-state index in [4.69, 9.17) is 4.74 Å². The van der Waals surface area contributed by atoms with Crippen LogP contribution in [0.1, 0.15) is 13.8 Å². The van der Waals surface area contributed by atoms with E-state index in [2.05, 4.69) is 0 Å². The molecular weight excluding hydrogens is 206 g/mol. The fourth-order valence-corrected chi connectivity index (χ4v) is 1.48. The number of carbonyl (C=O) groups excluding carboxylic acids is 2. The minimum Gasteiger partial charge on any atom is -0.404 e. The van der Waals surface area contributed by atoms with Crippen molar-refractivity contribution >= 4 is 17.7 Å². The van der Waals surface area contributed by atoms with E-state index >= 15 is 0 Å². The lowest BCUT2D eigenvalue weighted by Gasteiger charge is -2.09. The molecule has 1 heterocycles. The first kappa shape index (κ1) is 10.4. The van der Waals surface area contributed by atoms with Crippen LogP contribution in [-0.2, 0) is 9.53 Å². The van der Waals surface area contributed by atoms with Gasteiger partial charge in [-0.2, -0.15) is 0 Å². The second-order valence-electron chi connectivity index (χ2n) is 3.67. The predicted molar refractivity (Wildman–Crippen MR) is 58.8 cm³/mol. The summed E-state index contributed by atoms with van der Waals surface area (Å²) in [5.41, 5.74) is 1.21. The van der Waals surface area contributed by atoms with Crippen molar-refractivity contribution in [1.29, 1.82) is 0 Å². The normalized spacial score (nSPS) is 15.4. The summed E-state index contributed by atoms with van der Waals surface area (Å²) in [7, 11) is 0. The van der Waals surface area contributed by atoms with E-state index in [1.807, 2.05) is 6.07 Å². The second-order valence-corrected chi connectivity index (χ2v) is 3.67. The molecule has 4 heteroatoms. The number of benzene rings is 1. The Morgan fingerprint density at radius 1 is 1.12 bits per heavy atom. The van der Waals surface area contributed by atoms with Gasteiger partial charge in [0.05, 0.1) is 5.69 Å². The van der Waals surface area contributed by atoms with Crippen molar-refractivity contribution in [3.8, 4) is 0 Å². The highest BCUT2D eigenvalue weighted by Crippen LogP contribution is 2.25. The molecule has 1 aromatic carbocycles. The van der Waals surface area contributed by atoms with Crippen LogP contribution in [0.25, 0.3) is 0 Å². The van der Waals surface area contributed by atoms with E-state index < -0.39 is 12.0 Å². The zero-order chi connectivity index (χ0) is 11.7. The maximum atomic E-state index is 11.9. The predicted octanol–water partition coefficient (Wildman–Crippen LogP) is 2.46. The summed E-state index contributed by atoms with van der Waals surface area (Å²) in [5.74, 6) is -0.287. The van der Waals surface area contributed by atoms with Crippen molar-refractivity contribution < 1.29 is 14.3 Å². The molecule has 0 radical (unpaired) electrons. The SMILES string of the molecule is CC(C)=C1OC(=O)N(c2ccccc2)C1=O. The van der Waals surface area contributed by atoms with E-state index in [0.29, 0.717) is 11.3 Å². The van der Waals surface area contributed by atoms with Gasteiger partial charge in [-0.1, -0.05) is 18.2 Å². The molecule has 0 N–H and O–H groups in total. The third-order valence-electron chi connectivity index (χ3n) is 2.24. The van der Waals surface area contributed by atoms with Gasteiger partial charge in [0.15, 0.2) is 5.76 Å². The molecule has 4 nitrogen and oxygen atoms in total. The highest BCUT2D eigenvalue weighted by Gasteiger charge is 2.38. The first-order chi connectivity index (χ1) is 7.61. The number of allylic oxidation sites excluding steroid dienone is 1. The Kier molecular flexibility index (Phi) is 2.48. The van der Waals surface area contributed by atoms with Crippen LogP contribution in [0.2, 0.25) is 0 Å². The topological polar surface area (TPSA) is 46.6 Å². The molecule has 2 rings (SSSR count). The molecule has 0 aliphatic carbocycles. The molecule has 0 unspecified atom stereocenters. The van der Waals surface area contributed by atoms with Crippen molar-refractivity contribution in [3.05, 3.63) is 41.7 Å². The van der Waals surface area contributed by atoms with Gasteiger partial charge in [0.1, 0.15) is 0 Å². The van der Waals surface area contributed by atoms with Gasteiger partial charge in [-0.05, 0) is 31.6 Å². The number of hydrogen-bond donors (Lipinski definition) is 0. The Bertz CT molecular complexity index is 472. The van der Waals surface area contributed by atoms with Crippen molar-refractivity contribution in [2.24, 2.45) is 0 Å². The highest BCUT2D eigenvalue weighted by atomic mass is 16.6. The van der Waals surface area contributed by atoms with Gasteiger partial charge < -0.3 is 4.74 Å². The first-order valence-corrected chi connectivity index (χ1v) is 4.90. The highest BCUT2D eigenvalue weighted by molar-refractivity contribution is 6.23. The van der Waals surface area contributed by atoms with E-state index in [1.165, 1.54) is 0 Å². The molecular formula is C12H11NO3. The summed E-state index contributed by atoms with van der Waals surface area (Å²) in [5, 5.41) is 0. The summed E-state index contributed by atoms with van der Waals surface area (Å²) in [4.78, 5) is 24.5. The molecule has 1 aliphatic heterocycles. The number of amides is 2. The lowest BCUT2D eigenvalue weighted by Crippen LogP contribution is -2.28. The number of cyclic esters (lactones) is 1. The lowest BCUT2D eigenvalue weighted by molar-refractivity contribution is -0.114. The van der Waals surface area contributed by atoms with Crippen molar-refractivity contribution in [3.63, 3.8) is 0 Å². The van der Waals surface area contributed by atoms with Gasteiger partial charge in [0.25, 0.3) is 0 Å². The molecule has 2 amide bonds. The minimum absolute atomic E-state index is 0.119. The molecule has 0 spiro atoms. The number of anilines is 1. The van der Waals surface area contributed by atoms with Crippen LogP contribution in [0.15, 0.2) is 41.7 Å². The summed E-state index contributed by atoms with van der Waals surface area (Å²) in [6.07, 6.45) is -0.646. The zero-order valence-electron chi connectivity index (χ0n) is 9.06. The van der Waals surface area contributed by atoms with Gasteiger partial charge in [0.2, 0.25) is 0 Å². The Labute approximate surface area is 93.1 Å². The van der Waals surface area contributed by atoms with Crippen LogP contribution in [0.3, 0.4) is 0 Å². The first-order valence-electron chi connectivity index (χ1n) is 4.90. The largest absolute Gasteiger partial charge is 0.427 e. The number of para-hydroxylation sites is 1. The number of nitrogens with zero attached hydrogens (tertiary/aromatic N) is 1. The molecule has 0 atom stereocenters. The third kappa shape index (κ3) is 1.58. The average Bonchev–Trinajstić information content (AvgIpc) is 2.56. The second kappa shape index (κ2) is 3.81. The van der Waals surface area contributed by atoms with Crippen LogP contribution in [0.5, 0.6) is 0 Å². The molecule has 1 fully saturated rings.